The lowest BCUT2D eigenvalue weighted by atomic mass is 10.0. The molecule has 1 N–H and O–H groups in total. The number of hydrogen-bond donors (Lipinski definition) is 1. The number of benzene rings is 1. The van der Waals surface area contributed by atoms with Gasteiger partial charge >= 0.3 is 0 Å². The van der Waals surface area contributed by atoms with Gasteiger partial charge in [-0.25, -0.2) is 0 Å². The molecular formula is C19H28N2O2. The van der Waals surface area contributed by atoms with Gasteiger partial charge in [0, 0.05) is 18.6 Å². The van der Waals surface area contributed by atoms with Crippen LogP contribution in [0.25, 0.3) is 0 Å². The van der Waals surface area contributed by atoms with Gasteiger partial charge in [-0.2, -0.15) is 0 Å². The van der Waals surface area contributed by atoms with E-state index in [4.69, 9.17) is 4.74 Å². The molecule has 1 amide bonds. The summed E-state index contributed by atoms with van der Waals surface area (Å²) in [6.45, 7) is 5.78. The molecule has 4 heteroatoms. The number of nitrogens with zero attached hydrogens (tertiary/aromatic N) is 1. The maximum atomic E-state index is 12.3. The quantitative estimate of drug-likeness (QED) is 0.877. The minimum absolute atomic E-state index is 0.0205. The summed E-state index contributed by atoms with van der Waals surface area (Å²) in [6.07, 6.45) is 5.97. The molecule has 0 aromatic heterocycles. The smallest absolute Gasteiger partial charge is 0.260 e. The van der Waals surface area contributed by atoms with E-state index in [0.29, 0.717) is 6.04 Å². The fourth-order valence-electron chi connectivity index (χ4n) is 3.44. The molecule has 126 valence electrons. The first kappa shape index (κ1) is 16.3. The molecule has 1 aliphatic heterocycles. The number of hydrogen-bond acceptors (Lipinski definition) is 3. The van der Waals surface area contributed by atoms with Crippen molar-refractivity contribution in [1.29, 1.82) is 0 Å². The lowest BCUT2D eigenvalue weighted by Crippen LogP contribution is -2.49. The van der Waals surface area contributed by atoms with Crippen LogP contribution in [-0.2, 0) is 4.79 Å². The summed E-state index contributed by atoms with van der Waals surface area (Å²) in [4.78, 5) is 14.9. The Morgan fingerprint density at radius 2 is 2.17 bits per heavy atom. The van der Waals surface area contributed by atoms with Crippen LogP contribution in [0.5, 0.6) is 5.75 Å². The van der Waals surface area contributed by atoms with Crippen molar-refractivity contribution >= 4 is 5.91 Å². The maximum absolute atomic E-state index is 12.3. The standard InChI is InChI=1S/C19H28N2O2/c1-14-6-5-8-18(12-14)23-15(2)19(22)20-13-17-7-3-4-11-21(17)16-9-10-16/h5-6,8,12,15-17H,3-4,7,9-11,13H2,1-2H3,(H,20,22). The minimum Gasteiger partial charge on any atom is -0.481 e. The van der Waals surface area contributed by atoms with Crippen molar-refractivity contribution < 1.29 is 9.53 Å². The molecule has 1 aromatic rings. The Hall–Kier alpha value is -1.55. The molecule has 1 saturated heterocycles. The summed E-state index contributed by atoms with van der Waals surface area (Å²) < 4.78 is 5.76. The number of amides is 1. The molecule has 4 nitrogen and oxygen atoms in total. The number of piperidine rings is 1. The zero-order valence-electron chi connectivity index (χ0n) is 14.3. The van der Waals surface area contributed by atoms with E-state index in [-0.39, 0.29) is 5.91 Å². The van der Waals surface area contributed by atoms with Crippen LogP contribution in [0.2, 0.25) is 0 Å². The number of ether oxygens (including phenoxy) is 1. The van der Waals surface area contributed by atoms with Crippen molar-refractivity contribution in [3.8, 4) is 5.75 Å². The van der Waals surface area contributed by atoms with Crippen molar-refractivity contribution in [2.45, 2.75) is 64.1 Å². The predicted octanol–water partition coefficient (Wildman–Crippen LogP) is 2.90. The second-order valence-electron chi connectivity index (χ2n) is 6.94. The van der Waals surface area contributed by atoms with Crippen molar-refractivity contribution in [1.82, 2.24) is 10.2 Å². The Kier molecular flexibility index (Phi) is 5.21. The van der Waals surface area contributed by atoms with Gasteiger partial charge in [0.05, 0.1) is 0 Å². The molecule has 1 heterocycles. The fraction of sp³-hybridized carbons (Fsp3) is 0.632. The highest BCUT2D eigenvalue weighted by molar-refractivity contribution is 5.80. The molecule has 23 heavy (non-hydrogen) atoms. The van der Waals surface area contributed by atoms with Gasteiger partial charge in [-0.1, -0.05) is 18.6 Å². The van der Waals surface area contributed by atoms with E-state index in [1.165, 1.54) is 38.6 Å². The Labute approximate surface area is 139 Å². The van der Waals surface area contributed by atoms with Gasteiger partial charge in [0.15, 0.2) is 6.10 Å². The number of rotatable bonds is 6. The van der Waals surface area contributed by atoms with Crippen molar-refractivity contribution in [2.24, 2.45) is 0 Å². The average Bonchev–Trinajstić information content (AvgIpc) is 3.37. The van der Waals surface area contributed by atoms with E-state index >= 15 is 0 Å². The van der Waals surface area contributed by atoms with Crippen LogP contribution in [0.15, 0.2) is 24.3 Å². The maximum Gasteiger partial charge on any atom is 0.260 e. The van der Waals surface area contributed by atoms with Crippen LogP contribution in [-0.4, -0.2) is 42.1 Å². The number of aryl methyl sites for hydroxylation is 1. The van der Waals surface area contributed by atoms with Crippen LogP contribution in [0.3, 0.4) is 0 Å². The highest BCUT2D eigenvalue weighted by Crippen LogP contribution is 2.32. The third-order valence-electron chi connectivity index (χ3n) is 4.87. The number of carbonyl (C=O) groups excluding carboxylic acids is 1. The summed E-state index contributed by atoms with van der Waals surface area (Å²) in [7, 11) is 0. The first-order valence-corrected chi connectivity index (χ1v) is 8.90. The van der Waals surface area contributed by atoms with Crippen molar-refractivity contribution in [2.75, 3.05) is 13.1 Å². The monoisotopic (exact) mass is 316 g/mol. The molecule has 3 rings (SSSR count). The van der Waals surface area contributed by atoms with E-state index < -0.39 is 6.10 Å². The number of nitrogens with one attached hydrogen (secondary N) is 1. The topological polar surface area (TPSA) is 41.6 Å². The summed E-state index contributed by atoms with van der Waals surface area (Å²) in [5.74, 6) is 0.734. The Morgan fingerprint density at radius 1 is 1.35 bits per heavy atom. The zero-order chi connectivity index (χ0) is 16.2. The first-order valence-electron chi connectivity index (χ1n) is 8.90. The molecule has 0 spiro atoms. The molecule has 2 fully saturated rings. The van der Waals surface area contributed by atoms with Crippen molar-refractivity contribution in [3.05, 3.63) is 29.8 Å². The van der Waals surface area contributed by atoms with Gasteiger partial charge in [0.25, 0.3) is 5.91 Å². The molecule has 1 aromatic carbocycles. The Morgan fingerprint density at radius 3 is 2.91 bits per heavy atom. The largest absolute Gasteiger partial charge is 0.481 e. The highest BCUT2D eigenvalue weighted by atomic mass is 16.5. The predicted molar refractivity (Wildman–Crippen MR) is 91.6 cm³/mol. The molecular weight excluding hydrogens is 288 g/mol. The lowest BCUT2D eigenvalue weighted by Gasteiger charge is -2.36. The third-order valence-corrected chi connectivity index (χ3v) is 4.87. The minimum atomic E-state index is -0.463. The second-order valence-corrected chi connectivity index (χ2v) is 6.94. The van der Waals surface area contributed by atoms with Gasteiger partial charge in [-0.3, -0.25) is 9.69 Å². The summed E-state index contributed by atoms with van der Waals surface area (Å²) >= 11 is 0. The van der Waals surface area contributed by atoms with Crippen LogP contribution >= 0.6 is 0 Å². The van der Waals surface area contributed by atoms with Gasteiger partial charge in [-0.15, -0.1) is 0 Å². The molecule has 2 unspecified atom stereocenters. The van der Waals surface area contributed by atoms with Crippen LogP contribution < -0.4 is 10.1 Å². The average molecular weight is 316 g/mol. The third kappa shape index (κ3) is 4.47. The Bertz CT molecular complexity index is 542. The Balaban J connectivity index is 1.48. The van der Waals surface area contributed by atoms with Crippen LogP contribution in [0.4, 0.5) is 0 Å². The van der Waals surface area contributed by atoms with E-state index in [1.807, 2.05) is 38.1 Å². The fourth-order valence-corrected chi connectivity index (χ4v) is 3.44. The number of likely N-dealkylation sites (tertiary alicyclic amines) is 1. The van der Waals surface area contributed by atoms with E-state index in [9.17, 15) is 4.79 Å². The lowest BCUT2D eigenvalue weighted by molar-refractivity contribution is -0.127. The normalized spacial score (nSPS) is 23.3. The summed E-state index contributed by atoms with van der Waals surface area (Å²) in [5, 5.41) is 3.09. The molecule has 0 bridgehead atoms. The number of carbonyl (C=O) groups is 1. The van der Waals surface area contributed by atoms with Gasteiger partial charge in [0.1, 0.15) is 5.75 Å². The van der Waals surface area contributed by atoms with Gasteiger partial charge in [0.2, 0.25) is 0 Å². The van der Waals surface area contributed by atoms with E-state index in [0.717, 1.165) is 23.9 Å². The molecule has 2 aliphatic rings. The molecule has 0 radical (unpaired) electrons. The second kappa shape index (κ2) is 7.35. The SMILES string of the molecule is Cc1cccc(OC(C)C(=O)NCC2CCCCN2C2CC2)c1. The summed E-state index contributed by atoms with van der Waals surface area (Å²) in [5.41, 5.74) is 1.14. The zero-order valence-corrected chi connectivity index (χ0v) is 14.3. The molecule has 1 aliphatic carbocycles. The van der Waals surface area contributed by atoms with E-state index in [2.05, 4.69) is 10.2 Å². The van der Waals surface area contributed by atoms with Gasteiger partial charge < -0.3 is 10.1 Å². The van der Waals surface area contributed by atoms with Gasteiger partial charge in [-0.05, 0) is 63.8 Å². The van der Waals surface area contributed by atoms with Crippen LogP contribution in [0, 0.1) is 6.92 Å². The first-order chi connectivity index (χ1) is 11.1. The highest BCUT2D eigenvalue weighted by Gasteiger charge is 2.35. The van der Waals surface area contributed by atoms with E-state index in [1.54, 1.807) is 0 Å². The molecule has 1 saturated carbocycles. The van der Waals surface area contributed by atoms with Crippen LogP contribution in [0.1, 0.15) is 44.6 Å². The summed E-state index contributed by atoms with van der Waals surface area (Å²) in [6, 6.07) is 9.11. The van der Waals surface area contributed by atoms with Crippen molar-refractivity contribution in [3.63, 3.8) is 0 Å². The molecule has 2 atom stereocenters.